The highest BCUT2D eigenvalue weighted by Gasteiger charge is 2.26. The quantitative estimate of drug-likeness (QED) is 0.810. The second-order valence-corrected chi connectivity index (χ2v) is 7.11. The second-order valence-electron chi connectivity index (χ2n) is 6.29. The normalized spacial score (nSPS) is 18.1. The highest BCUT2D eigenvalue weighted by Crippen LogP contribution is 2.25. The van der Waals surface area contributed by atoms with E-state index in [4.69, 9.17) is 23.2 Å². The summed E-state index contributed by atoms with van der Waals surface area (Å²) in [5, 5.41) is 3.77. The molecule has 1 unspecified atom stereocenters. The van der Waals surface area contributed by atoms with Crippen molar-refractivity contribution in [1.29, 1.82) is 0 Å². The van der Waals surface area contributed by atoms with E-state index in [1.54, 1.807) is 24.3 Å². The first kappa shape index (κ1) is 18.2. The Balaban J connectivity index is 1.61. The van der Waals surface area contributed by atoms with Gasteiger partial charge in [-0.05, 0) is 49.2 Å². The second kappa shape index (κ2) is 8.17. The van der Waals surface area contributed by atoms with E-state index < -0.39 is 5.82 Å². The molecular formula is C19H19Cl2FN2O. The Hall–Kier alpha value is -1.62. The van der Waals surface area contributed by atoms with Crippen LogP contribution in [-0.4, -0.2) is 23.9 Å². The van der Waals surface area contributed by atoms with Crippen LogP contribution in [0.3, 0.4) is 0 Å². The average molecular weight is 381 g/mol. The van der Waals surface area contributed by atoms with Gasteiger partial charge in [-0.1, -0.05) is 41.4 Å². The molecule has 25 heavy (non-hydrogen) atoms. The predicted octanol–water partition coefficient (Wildman–Crippen LogP) is 4.98. The minimum Gasteiger partial charge on any atom is -0.323 e. The molecule has 3 rings (SSSR count). The van der Waals surface area contributed by atoms with Crippen molar-refractivity contribution >= 4 is 34.8 Å². The van der Waals surface area contributed by atoms with Gasteiger partial charge in [0, 0.05) is 13.1 Å². The molecule has 1 saturated heterocycles. The van der Waals surface area contributed by atoms with Crippen molar-refractivity contribution < 1.29 is 9.18 Å². The molecule has 2 aromatic carbocycles. The molecule has 6 heteroatoms. The highest BCUT2D eigenvalue weighted by atomic mass is 35.5. The third-order valence-electron chi connectivity index (χ3n) is 4.40. The Morgan fingerprint density at radius 1 is 1.20 bits per heavy atom. The summed E-state index contributed by atoms with van der Waals surface area (Å²) in [5.41, 5.74) is 1.29. The lowest BCUT2D eigenvalue weighted by Crippen LogP contribution is -2.40. The van der Waals surface area contributed by atoms with E-state index >= 15 is 0 Å². The van der Waals surface area contributed by atoms with E-state index in [9.17, 15) is 9.18 Å². The summed E-state index contributed by atoms with van der Waals surface area (Å²) in [6.07, 6.45) is 1.73. The number of halogens is 3. The Bertz CT molecular complexity index is 769. The lowest BCUT2D eigenvalue weighted by Gasteiger charge is -2.32. The molecule has 0 aromatic heterocycles. The zero-order chi connectivity index (χ0) is 17.8. The Labute approximate surface area is 156 Å². The van der Waals surface area contributed by atoms with Crippen LogP contribution in [0, 0.1) is 11.7 Å². The van der Waals surface area contributed by atoms with Crippen molar-refractivity contribution in [3.8, 4) is 0 Å². The molecule has 0 spiro atoms. The molecule has 3 nitrogen and oxygen atoms in total. The number of rotatable bonds is 4. The molecule has 1 heterocycles. The number of piperidine rings is 1. The number of carbonyl (C=O) groups excluding carboxylic acids is 1. The van der Waals surface area contributed by atoms with Crippen LogP contribution in [0.5, 0.6) is 0 Å². The minimum atomic E-state index is -0.417. The summed E-state index contributed by atoms with van der Waals surface area (Å²) in [5.74, 6) is -0.709. The monoisotopic (exact) mass is 380 g/mol. The number of likely N-dealkylation sites (tertiary alicyclic amines) is 1. The van der Waals surface area contributed by atoms with Crippen molar-refractivity contribution in [3.05, 3.63) is 63.9 Å². The van der Waals surface area contributed by atoms with Gasteiger partial charge >= 0.3 is 0 Å². The number of hydrogen-bond donors (Lipinski definition) is 1. The minimum absolute atomic E-state index is 0.135. The molecule has 0 saturated carbocycles. The highest BCUT2D eigenvalue weighted by molar-refractivity contribution is 6.42. The first-order valence-electron chi connectivity index (χ1n) is 8.24. The fourth-order valence-corrected chi connectivity index (χ4v) is 3.43. The smallest absolute Gasteiger partial charge is 0.228 e. The van der Waals surface area contributed by atoms with Gasteiger partial charge in [0.2, 0.25) is 5.91 Å². The van der Waals surface area contributed by atoms with Crippen LogP contribution in [0.4, 0.5) is 10.1 Å². The van der Waals surface area contributed by atoms with Crippen LogP contribution in [0.15, 0.2) is 42.5 Å². The Morgan fingerprint density at radius 2 is 2.00 bits per heavy atom. The summed E-state index contributed by atoms with van der Waals surface area (Å²) >= 11 is 12.0. The molecule has 0 bridgehead atoms. The van der Waals surface area contributed by atoms with E-state index in [1.807, 2.05) is 12.1 Å². The maximum absolute atomic E-state index is 13.7. The number of anilines is 1. The van der Waals surface area contributed by atoms with Gasteiger partial charge in [0.05, 0.1) is 21.7 Å². The van der Waals surface area contributed by atoms with Crippen LogP contribution >= 0.6 is 23.2 Å². The molecule has 1 aliphatic rings. The Kier molecular flexibility index (Phi) is 5.94. The maximum Gasteiger partial charge on any atom is 0.228 e. The van der Waals surface area contributed by atoms with Crippen molar-refractivity contribution in [2.45, 2.75) is 19.4 Å². The van der Waals surface area contributed by atoms with Crippen LogP contribution in [-0.2, 0) is 11.3 Å². The van der Waals surface area contributed by atoms with Crippen LogP contribution in [0.25, 0.3) is 0 Å². The topological polar surface area (TPSA) is 32.3 Å². The first-order valence-corrected chi connectivity index (χ1v) is 9.00. The van der Waals surface area contributed by atoms with Gasteiger partial charge in [-0.2, -0.15) is 0 Å². The number of carbonyl (C=O) groups is 1. The zero-order valence-corrected chi connectivity index (χ0v) is 15.2. The molecule has 0 aliphatic carbocycles. The fraction of sp³-hybridized carbons (Fsp3) is 0.316. The molecule has 132 valence electrons. The SMILES string of the molecule is O=C(Nc1ccccc1F)C1CCCN(Cc2ccc(Cl)c(Cl)c2)C1. The molecule has 1 atom stereocenters. The van der Waals surface area contributed by atoms with Crippen molar-refractivity contribution in [3.63, 3.8) is 0 Å². The molecular weight excluding hydrogens is 362 g/mol. The summed E-state index contributed by atoms with van der Waals surface area (Å²) in [7, 11) is 0. The zero-order valence-electron chi connectivity index (χ0n) is 13.6. The molecule has 1 N–H and O–H groups in total. The third kappa shape index (κ3) is 4.72. The van der Waals surface area contributed by atoms with Gasteiger partial charge in [0.25, 0.3) is 0 Å². The van der Waals surface area contributed by atoms with Crippen LogP contribution < -0.4 is 5.32 Å². The van der Waals surface area contributed by atoms with Crippen LogP contribution in [0.2, 0.25) is 10.0 Å². The standard InChI is InChI=1S/C19H19Cl2FN2O/c20-15-8-7-13(10-16(15)21)11-24-9-3-4-14(12-24)19(25)23-18-6-2-1-5-17(18)22/h1-2,5-8,10,14H,3-4,9,11-12H2,(H,23,25). The van der Waals surface area contributed by atoms with Gasteiger partial charge in [-0.3, -0.25) is 9.69 Å². The first-order chi connectivity index (χ1) is 12.0. The van der Waals surface area contributed by atoms with Gasteiger partial charge in [0.15, 0.2) is 0 Å². The largest absolute Gasteiger partial charge is 0.323 e. The fourth-order valence-electron chi connectivity index (χ4n) is 3.11. The average Bonchev–Trinajstić information content (AvgIpc) is 2.60. The van der Waals surface area contributed by atoms with Gasteiger partial charge < -0.3 is 5.32 Å². The number of benzene rings is 2. The van der Waals surface area contributed by atoms with E-state index in [2.05, 4.69) is 10.2 Å². The number of amides is 1. The van der Waals surface area contributed by atoms with E-state index in [0.717, 1.165) is 24.9 Å². The van der Waals surface area contributed by atoms with Crippen molar-refractivity contribution in [2.75, 3.05) is 18.4 Å². The predicted molar refractivity (Wildman–Crippen MR) is 99.5 cm³/mol. The number of nitrogens with zero attached hydrogens (tertiary/aromatic N) is 1. The lowest BCUT2D eigenvalue weighted by atomic mass is 9.96. The van der Waals surface area contributed by atoms with Gasteiger partial charge in [0.1, 0.15) is 5.82 Å². The van der Waals surface area contributed by atoms with Gasteiger partial charge in [-0.25, -0.2) is 4.39 Å². The van der Waals surface area contributed by atoms with Crippen molar-refractivity contribution in [1.82, 2.24) is 4.90 Å². The number of hydrogen-bond acceptors (Lipinski definition) is 2. The van der Waals surface area contributed by atoms with E-state index in [-0.39, 0.29) is 17.5 Å². The summed E-state index contributed by atoms with van der Waals surface area (Å²) in [6, 6.07) is 11.8. The van der Waals surface area contributed by atoms with Crippen LogP contribution in [0.1, 0.15) is 18.4 Å². The summed E-state index contributed by atoms with van der Waals surface area (Å²) < 4.78 is 13.7. The third-order valence-corrected chi connectivity index (χ3v) is 5.14. The van der Waals surface area contributed by atoms with E-state index in [1.165, 1.54) is 6.07 Å². The summed E-state index contributed by atoms with van der Waals surface area (Å²) in [4.78, 5) is 14.7. The molecule has 0 radical (unpaired) electrons. The molecule has 2 aromatic rings. The molecule has 1 amide bonds. The summed E-state index contributed by atoms with van der Waals surface area (Å²) in [6.45, 7) is 2.27. The maximum atomic E-state index is 13.7. The number of para-hydroxylation sites is 1. The molecule has 1 fully saturated rings. The van der Waals surface area contributed by atoms with E-state index in [0.29, 0.717) is 23.1 Å². The number of nitrogens with one attached hydrogen (secondary N) is 1. The van der Waals surface area contributed by atoms with Crippen molar-refractivity contribution in [2.24, 2.45) is 5.92 Å². The van der Waals surface area contributed by atoms with Gasteiger partial charge in [-0.15, -0.1) is 0 Å². The molecule has 1 aliphatic heterocycles. The Morgan fingerprint density at radius 3 is 2.76 bits per heavy atom. The lowest BCUT2D eigenvalue weighted by molar-refractivity contribution is -0.121.